The molecule has 3 nitrogen and oxygen atoms in total. The van der Waals surface area contributed by atoms with Crippen molar-refractivity contribution in [2.24, 2.45) is 22.5 Å². The molecule has 1 rings (SSSR count). The number of rotatable bonds is 3. The third-order valence-electron chi connectivity index (χ3n) is 3.98. The molecule has 116 valence electrons. The van der Waals surface area contributed by atoms with Crippen molar-refractivity contribution in [1.29, 1.82) is 0 Å². The lowest BCUT2D eigenvalue weighted by atomic mass is 9.82. The molecule has 0 saturated heterocycles. The van der Waals surface area contributed by atoms with Gasteiger partial charge in [-0.05, 0) is 23.7 Å². The summed E-state index contributed by atoms with van der Waals surface area (Å²) in [5.41, 5.74) is 7.64. The van der Waals surface area contributed by atoms with Crippen molar-refractivity contribution >= 4 is 5.91 Å². The Balaban J connectivity index is 2.68. The van der Waals surface area contributed by atoms with Crippen LogP contribution in [0.15, 0.2) is 11.6 Å². The molecule has 0 aliphatic carbocycles. The molecule has 1 unspecified atom stereocenters. The van der Waals surface area contributed by atoms with Crippen LogP contribution in [0, 0.1) is 16.7 Å². The van der Waals surface area contributed by atoms with Crippen molar-refractivity contribution in [3.8, 4) is 0 Å². The molecule has 1 atom stereocenters. The summed E-state index contributed by atoms with van der Waals surface area (Å²) < 4.78 is 0. The third-order valence-corrected chi connectivity index (χ3v) is 3.98. The van der Waals surface area contributed by atoms with E-state index >= 15 is 0 Å². The summed E-state index contributed by atoms with van der Waals surface area (Å²) in [6, 6.07) is 0. The molecule has 0 saturated carbocycles. The Hall–Kier alpha value is -0.830. The quantitative estimate of drug-likeness (QED) is 0.807. The fourth-order valence-corrected chi connectivity index (χ4v) is 2.82. The van der Waals surface area contributed by atoms with E-state index in [0.717, 1.165) is 25.9 Å². The first-order valence-electron chi connectivity index (χ1n) is 7.73. The molecule has 1 aliphatic heterocycles. The normalized spacial score (nSPS) is 18.8. The first-order valence-corrected chi connectivity index (χ1v) is 7.73. The number of nitrogens with zero attached hydrogens (tertiary/aromatic N) is 1. The highest BCUT2D eigenvalue weighted by Crippen LogP contribution is 2.31. The van der Waals surface area contributed by atoms with Gasteiger partial charge in [-0.25, -0.2) is 0 Å². The fourth-order valence-electron chi connectivity index (χ4n) is 2.82. The lowest BCUT2D eigenvalue weighted by Gasteiger charge is -2.35. The van der Waals surface area contributed by atoms with Crippen LogP contribution in [-0.4, -0.2) is 30.4 Å². The molecule has 0 fully saturated rings. The maximum Gasteiger partial charge on any atom is 0.227 e. The lowest BCUT2D eigenvalue weighted by Crippen LogP contribution is -2.43. The van der Waals surface area contributed by atoms with E-state index in [0.29, 0.717) is 6.54 Å². The van der Waals surface area contributed by atoms with Gasteiger partial charge in [-0.3, -0.25) is 4.79 Å². The van der Waals surface area contributed by atoms with E-state index in [-0.39, 0.29) is 22.7 Å². The molecule has 1 aliphatic rings. The van der Waals surface area contributed by atoms with Crippen molar-refractivity contribution in [2.75, 3.05) is 19.6 Å². The number of nitrogens with two attached hydrogens (primary N) is 1. The van der Waals surface area contributed by atoms with Gasteiger partial charge < -0.3 is 10.6 Å². The van der Waals surface area contributed by atoms with Crippen LogP contribution in [0.4, 0.5) is 0 Å². The van der Waals surface area contributed by atoms with Crippen molar-refractivity contribution in [2.45, 2.75) is 54.4 Å². The summed E-state index contributed by atoms with van der Waals surface area (Å²) >= 11 is 0. The van der Waals surface area contributed by atoms with Crippen LogP contribution in [0.5, 0.6) is 0 Å². The van der Waals surface area contributed by atoms with Gasteiger partial charge in [0.05, 0.1) is 5.92 Å². The van der Waals surface area contributed by atoms with E-state index in [1.807, 2.05) is 4.90 Å². The lowest BCUT2D eigenvalue weighted by molar-refractivity contribution is -0.135. The summed E-state index contributed by atoms with van der Waals surface area (Å²) in [6.45, 7) is 15.2. The number of hydrogen-bond donors (Lipinski definition) is 1. The highest BCUT2D eigenvalue weighted by molar-refractivity contribution is 5.79. The third kappa shape index (κ3) is 4.93. The van der Waals surface area contributed by atoms with E-state index in [1.54, 1.807) is 0 Å². The molecule has 0 aromatic rings. The van der Waals surface area contributed by atoms with Crippen LogP contribution in [0.25, 0.3) is 0 Å². The Bertz CT molecular complexity index is 371. The predicted octanol–water partition coefficient (Wildman–Crippen LogP) is 3.20. The molecule has 2 N–H and O–H groups in total. The second-order valence-corrected chi connectivity index (χ2v) is 8.21. The van der Waals surface area contributed by atoms with Crippen LogP contribution in [0.3, 0.4) is 0 Å². The second kappa shape index (κ2) is 6.30. The Kier molecular flexibility index (Phi) is 5.42. The molecule has 1 heterocycles. The minimum Gasteiger partial charge on any atom is -0.338 e. The van der Waals surface area contributed by atoms with Crippen LogP contribution in [0.1, 0.15) is 54.4 Å². The Morgan fingerprint density at radius 3 is 2.25 bits per heavy atom. The van der Waals surface area contributed by atoms with Gasteiger partial charge in [-0.1, -0.05) is 53.2 Å². The smallest absolute Gasteiger partial charge is 0.227 e. The number of amides is 1. The Labute approximate surface area is 124 Å². The van der Waals surface area contributed by atoms with E-state index in [2.05, 4.69) is 47.6 Å². The fraction of sp³-hybridized carbons (Fsp3) is 0.824. The molecule has 0 radical (unpaired) electrons. The van der Waals surface area contributed by atoms with Gasteiger partial charge in [0.25, 0.3) is 0 Å². The zero-order valence-electron chi connectivity index (χ0n) is 14.1. The van der Waals surface area contributed by atoms with Gasteiger partial charge in [0.2, 0.25) is 5.91 Å². The summed E-state index contributed by atoms with van der Waals surface area (Å²) in [5.74, 6) is 0.186. The summed E-state index contributed by atoms with van der Waals surface area (Å²) in [7, 11) is 0. The SMILES string of the molecule is CC(C)(C)CC(CN)C(=O)N1CC=C(C(C)(C)C)CC1. The van der Waals surface area contributed by atoms with Crippen molar-refractivity contribution in [1.82, 2.24) is 4.90 Å². The summed E-state index contributed by atoms with van der Waals surface area (Å²) in [5, 5.41) is 0. The Morgan fingerprint density at radius 1 is 1.30 bits per heavy atom. The summed E-state index contributed by atoms with van der Waals surface area (Å²) in [4.78, 5) is 14.6. The van der Waals surface area contributed by atoms with Gasteiger partial charge in [0.15, 0.2) is 0 Å². The standard InChI is InChI=1S/C17H32N2O/c1-16(2,3)11-13(12-18)15(20)19-9-7-14(8-10-19)17(4,5)6/h7,13H,8-12,18H2,1-6H3. The van der Waals surface area contributed by atoms with Gasteiger partial charge in [-0.15, -0.1) is 0 Å². The zero-order chi connectivity index (χ0) is 15.6. The van der Waals surface area contributed by atoms with Gasteiger partial charge in [0, 0.05) is 19.6 Å². The average molecular weight is 280 g/mol. The molecule has 0 aromatic carbocycles. The molecular formula is C17H32N2O. The van der Waals surface area contributed by atoms with E-state index in [1.165, 1.54) is 5.57 Å². The molecule has 0 bridgehead atoms. The first-order chi connectivity index (χ1) is 9.04. The minimum atomic E-state index is -0.0420. The molecular weight excluding hydrogens is 248 g/mol. The van der Waals surface area contributed by atoms with E-state index in [4.69, 9.17) is 5.73 Å². The maximum absolute atomic E-state index is 12.6. The average Bonchev–Trinajstić information content (AvgIpc) is 2.33. The van der Waals surface area contributed by atoms with Gasteiger partial charge >= 0.3 is 0 Å². The second-order valence-electron chi connectivity index (χ2n) is 8.21. The molecule has 1 amide bonds. The zero-order valence-corrected chi connectivity index (χ0v) is 14.1. The minimum absolute atomic E-state index is 0.0420. The Morgan fingerprint density at radius 2 is 1.90 bits per heavy atom. The number of carbonyl (C=O) groups is 1. The maximum atomic E-state index is 12.6. The predicted molar refractivity (Wildman–Crippen MR) is 85.4 cm³/mol. The highest BCUT2D eigenvalue weighted by atomic mass is 16.2. The highest BCUT2D eigenvalue weighted by Gasteiger charge is 2.29. The molecule has 0 spiro atoms. The van der Waals surface area contributed by atoms with Crippen molar-refractivity contribution < 1.29 is 4.79 Å². The summed E-state index contributed by atoms with van der Waals surface area (Å²) in [6.07, 6.45) is 4.07. The van der Waals surface area contributed by atoms with Crippen molar-refractivity contribution in [3.05, 3.63) is 11.6 Å². The van der Waals surface area contributed by atoms with Crippen molar-refractivity contribution in [3.63, 3.8) is 0 Å². The molecule has 20 heavy (non-hydrogen) atoms. The monoisotopic (exact) mass is 280 g/mol. The van der Waals surface area contributed by atoms with E-state index < -0.39 is 0 Å². The van der Waals surface area contributed by atoms with Crippen LogP contribution < -0.4 is 5.73 Å². The molecule has 3 heteroatoms. The van der Waals surface area contributed by atoms with Gasteiger partial charge in [-0.2, -0.15) is 0 Å². The van der Waals surface area contributed by atoms with Crippen LogP contribution >= 0.6 is 0 Å². The first kappa shape index (κ1) is 17.2. The number of carbonyl (C=O) groups excluding carboxylic acids is 1. The van der Waals surface area contributed by atoms with E-state index in [9.17, 15) is 4.79 Å². The number of hydrogen-bond acceptors (Lipinski definition) is 2. The topological polar surface area (TPSA) is 46.3 Å². The van der Waals surface area contributed by atoms with Crippen LogP contribution in [-0.2, 0) is 4.79 Å². The molecule has 0 aromatic heterocycles. The van der Waals surface area contributed by atoms with Crippen LogP contribution in [0.2, 0.25) is 0 Å². The largest absolute Gasteiger partial charge is 0.338 e. The van der Waals surface area contributed by atoms with Gasteiger partial charge in [0.1, 0.15) is 0 Å².